The van der Waals surface area contributed by atoms with Crippen LogP contribution in [0.4, 0.5) is 5.13 Å². The minimum atomic E-state index is -1.37. The number of oxime groups is 1. The van der Waals surface area contributed by atoms with Crippen LogP contribution in [0.25, 0.3) is 0 Å². The Morgan fingerprint density at radius 1 is 1.33 bits per heavy atom. The van der Waals surface area contributed by atoms with Crippen molar-refractivity contribution < 1.29 is 39.3 Å². The molecule has 3 amide bonds. The number of aromatic nitrogens is 1. The first-order valence-electron chi connectivity index (χ1n) is 11.1. The minimum Gasteiger partial charge on any atom is -0.504 e. The Bertz CT molecular complexity index is 1400. The number of phenols is 2. The largest absolute Gasteiger partial charge is 0.504 e. The second-order valence-corrected chi connectivity index (χ2v) is 10.9. The van der Waals surface area contributed by atoms with Gasteiger partial charge in [-0.2, -0.15) is 0 Å². The van der Waals surface area contributed by atoms with Gasteiger partial charge in [-0.3, -0.25) is 19.3 Å². The average molecular weight is 641 g/mol. The van der Waals surface area contributed by atoms with Gasteiger partial charge in [-0.1, -0.05) is 5.16 Å². The molecule has 0 spiro atoms. The molecule has 2 aliphatic heterocycles. The van der Waals surface area contributed by atoms with E-state index in [1.165, 1.54) is 23.2 Å². The van der Waals surface area contributed by atoms with Crippen LogP contribution in [0.5, 0.6) is 11.5 Å². The van der Waals surface area contributed by atoms with Gasteiger partial charge in [-0.15, -0.1) is 23.1 Å². The number of halogens is 1. The van der Waals surface area contributed by atoms with E-state index < -0.39 is 46.6 Å². The number of hydrogen-bond acceptors (Lipinski definition) is 12. The third kappa shape index (κ3) is 5.64. The van der Waals surface area contributed by atoms with Crippen LogP contribution >= 0.6 is 39.0 Å². The Balaban J connectivity index is 1.48. The standard InChI is InChI=1S/C22H21BrN6O8S2/c1-2-37-28-13(11-7-39-22(24)26-11)18(33)27-14-19(34)29-15(21(35)36)9(6-38-20(14)29)5-25-17(32)8-3-10(23)16(31)12(30)4-8/h3-4,7,14,20,30-31H,2,5-6H2,1H3,(H2,24,26)(H,25,32)(H,27,33)(H,35,36)/b28-13-/t14-,20-/m1/s1. The molecule has 0 unspecified atom stereocenters. The van der Waals surface area contributed by atoms with E-state index in [2.05, 4.69) is 36.7 Å². The normalized spacial score (nSPS) is 18.8. The summed E-state index contributed by atoms with van der Waals surface area (Å²) in [6.45, 7) is 1.66. The van der Waals surface area contributed by atoms with Crippen LogP contribution in [0.15, 0.2) is 38.4 Å². The number of carboxylic acid groups (broad SMARTS) is 1. The Labute approximate surface area is 237 Å². The number of benzene rings is 1. The highest BCUT2D eigenvalue weighted by atomic mass is 79.9. The number of nitrogen functional groups attached to an aromatic ring is 1. The predicted molar refractivity (Wildman–Crippen MR) is 144 cm³/mol. The van der Waals surface area contributed by atoms with Crippen LogP contribution in [0, 0.1) is 0 Å². The van der Waals surface area contributed by atoms with E-state index in [9.17, 15) is 34.5 Å². The van der Waals surface area contributed by atoms with Crippen LogP contribution in [0.2, 0.25) is 0 Å². The summed E-state index contributed by atoms with van der Waals surface area (Å²) in [6.07, 6.45) is 0. The van der Waals surface area contributed by atoms with E-state index >= 15 is 0 Å². The monoisotopic (exact) mass is 640 g/mol. The molecule has 1 aromatic heterocycles. The quantitative estimate of drug-likeness (QED) is 0.0975. The van der Waals surface area contributed by atoms with E-state index in [0.717, 1.165) is 22.3 Å². The second kappa shape index (κ2) is 11.5. The topological polar surface area (TPSA) is 217 Å². The number of carboxylic acids is 1. The molecule has 0 saturated carbocycles. The van der Waals surface area contributed by atoms with E-state index in [4.69, 9.17) is 10.6 Å². The zero-order valence-electron chi connectivity index (χ0n) is 20.0. The second-order valence-electron chi connectivity index (χ2n) is 8.06. The van der Waals surface area contributed by atoms with Gasteiger partial charge in [0.05, 0.1) is 4.47 Å². The SMILES string of the molecule is CCO/N=C(\C(=O)N[C@@H]1C(=O)N2C(C(=O)O)=C(CNC(=O)c3cc(O)c(O)c(Br)c3)CS[C@H]12)c1csc(N)n1. The molecule has 0 bridgehead atoms. The lowest BCUT2D eigenvalue weighted by Crippen LogP contribution is -2.71. The number of aliphatic carboxylic acids is 1. The molecule has 14 nitrogen and oxygen atoms in total. The number of hydrogen-bond donors (Lipinski definition) is 6. The summed E-state index contributed by atoms with van der Waals surface area (Å²) < 4.78 is 0.0983. The van der Waals surface area contributed by atoms with Crippen molar-refractivity contribution in [1.29, 1.82) is 0 Å². The van der Waals surface area contributed by atoms with Crippen molar-refractivity contribution in [2.24, 2.45) is 5.16 Å². The molecule has 1 aromatic carbocycles. The summed E-state index contributed by atoms with van der Waals surface area (Å²) in [6, 6.07) is 1.31. The lowest BCUT2D eigenvalue weighted by atomic mass is 10.0. The van der Waals surface area contributed by atoms with Crippen molar-refractivity contribution in [2.45, 2.75) is 18.3 Å². The fourth-order valence-corrected chi connectivity index (χ4v) is 6.11. The lowest BCUT2D eigenvalue weighted by Gasteiger charge is -2.49. The van der Waals surface area contributed by atoms with Gasteiger partial charge in [-0.25, -0.2) is 9.78 Å². The number of β-lactam (4-membered cyclic amide) rings is 1. The van der Waals surface area contributed by atoms with Gasteiger partial charge in [0.2, 0.25) is 0 Å². The van der Waals surface area contributed by atoms with Gasteiger partial charge >= 0.3 is 5.97 Å². The first-order valence-corrected chi connectivity index (χ1v) is 13.9. The maximum atomic E-state index is 13.0. The number of phenolic OH excluding ortho intramolecular Hbond substituents is 2. The molecule has 2 aliphatic rings. The number of nitrogens with zero attached hydrogens (tertiary/aromatic N) is 3. The molecule has 3 heterocycles. The van der Waals surface area contributed by atoms with Crippen molar-refractivity contribution >= 4 is 73.6 Å². The first kappa shape index (κ1) is 28.2. The summed E-state index contributed by atoms with van der Waals surface area (Å²) in [5.41, 5.74) is 5.64. The van der Waals surface area contributed by atoms with Gasteiger partial charge in [0.1, 0.15) is 29.4 Å². The number of nitrogens with one attached hydrogen (secondary N) is 2. The summed E-state index contributed by atoms with van der Waals surface area (Å²) in [5, 5.41) is 39.2. The number of amides is 3. The number of rotatable bonds is 9. The average Bonchev–Trinajstić information content (AvgIpc) is 3.33. The van der Waals surface area contributed by atoms with Gasteiger partial charge in [-0.05, 0) is 40.6 Å². The Kier molecular flexibility index (Phi) is 8.31. The number of nitrogens with two attached hydrogens (primary N) is 1. The summed E-state index contributed by atoms with van der Waals surface area (Å²) in [7, 11) is 0. The highest BCUT2D eigenvalue weighted by Crippen LogP contribution is 2.40. The maximum Gasteiger partial charge on any atom is 0.352 e. The molecule has 7 N–H and O–H groups in total. The predicted octanol–water partition coefficient (Wildman–Crippen LogP) is 0.808. The zero-order valence-corrected chi connectivity index (χ0v) is 23.2. The van der Waals surface area contributed by atoms with E-state index in [0.29, 0.717) is 0 Å². The molecule has 2 aromatic rings. The third-order valence-electron chi connectivity index (χ3n) is 5.57. The van der Waals surface area contributed by atoms with Crippen molar-refractivity contribution in [3.05, 3.63) is 44.5 Å². The molecule has 2 atom stereocenters. The number of anilines is 1. The van der Waals surface area contributed by atoms with Gasteiger partial charge in [0.25, 0.3) is 17.7 Å². The van der Waals surface area contributed by atoms with Crippen LogP contribution in [-0.2, 0) is 19.2 Å². The summed E-state index contributed by atoms with van der Waals surface area (Å²) >= 11 is 5.34. The first-order chi connectivity index (χ1) is 18.5. The molecule has 206 valence electrons. The molecule has 1 saturated heterocycles. The summed E-state index contributed by atoms with van der Waals surface area (Å²) in [4.78, 5) is 60.7. The summed E-state index contributed by atoms with van der Waals surface area (Å²) in [5.74, 6) is -4.19. The molecule has 39 heavy (non-hydrogen) atoms. The van der Waals surface area contributed by atoms with Crippen molar-refractivity contribution in [1.82, 2.24) is 20.5 Å². The zero-order chi connectivity index (χ0) is 28.4. The van der Waals surface area contributed by atoms with Crippen LogP contribution in [-0.4, -0.2) is 84.9 Å². The highest BCUT2D eigenvalue weighted by molar-refractivity contribution is 9.10. The molecule has 4 rings (SSSR count). The van der Waals surface area contributed by atoms with Crippen molar-refractivity contribution in [3.8, 4) is 11.5 Å². The van der Waals surface area contributed by atoms with E-state index in [-0.39, 0.29) is 56.7 Å². The lowest BCUT2D eigenvalue weighted by molar-refractivity contribution is -0.150. The van der Waals surface area contributed by atoms with Crippen LogP contribution < -0.4 is 16.4 Å². The smallest absolute Gasteiger partial charge is 0.352 e. The van der Waals surface area contributed by atoms with Gasteiger partial charge in [0.15, 0.2) is 22.3 Å². The van der Waals surface area contributed by atoms with E-state index in [1.54, 1.807) is 6.92 Å². The highest BCUT2D eigenvalue weighted by Gasteiger charge is 2.54. The maximum absolute atomic E-state index is 13.0. The van der Waals surface area contributed by atoms with Gasteiger partial charge in [0, 0.05) is 23.2 Å². The Hall–Kier alpha value is -3.83. The fourth-order valence-electron chi connectivity index (χ4n) is 3.76. The van der Waals surface area contributed by atoms with Crippen LogP contribution in [0.3, 0.4) is 0 Å². The third-order valence-corrected chi connectivity index (χ3v) is 8.19. The number of aromatic hydroxyl groups is 2. The van der Waals surface area contributed by atoms with Crippen LogP contribution in [0.1, 0.15) is 23.0 Å². The van der Waals surface area contributed by atoms with Crippen molar-refractivity contribution in [2.75, 3.05) is 24.6 Å². The number of thiazole rings is 1. The Morgan fingerprint density at radius 3 is 2.69 bits per heavy atom. The molecule has 0 aliphatic carbocycles. The Morgan fingerprint density at radius 2 is 2.08 bits per heavy atom. The van der Waals surface area contributed by atoms with Gasteiger partial charge < -0.3 is 36.5 Å². The number of carbonyl (C=O) groups excluding carboxylic acids is 3. The molecule has 17 heteroatoms. The van der Waals surface area contributed by atoms with Crippen molar-refractivity contribution in [3.63, 3.8) is 0 Å². The molecule has 1 fully saturated rings. The number of carbonyl (C=O) groups is 4. The molecular formula is C22H21BrN6O8S2. The molecule has 0 radical (unpaired) electrons. The van der Waals surface area contributed by atoms with E-state index in [1.807, 2.05) is 0 Å². The fraction of sp³-hybridized carbons (Fsp3) is 0.273. The minimum absolute atomic E-state index is 0.0187. The molecular weight excluding hydrogens is 620 g/mol. The number of fused-ring (bicyclic) bond motifs is 1. The number of thioether (sulfide) groups is 1.